The average Bonchev–Trinajstić information content (AvgIpc) is 3.17. The highest BCUT2D eigenvalue weighted by atomic mass is 16.5. The zero-order valence-corrected chi connectivity index (χ0v) is 20.2. The van der Waals surface area contributed by atoms with E-state index in [1.807, 2.05) is 18.2 Å². The summed E-state index contributed by atoms with van der Waals surface area (Å²) in [5.41, 5.74) is 5.87. The first-order chi connectivity index (χ1) is 16.0. The van der Waals surface area contributed by atoms with E-state index in [4.69, 9.17) is 14.5 Å². The van der Waals surface area contributed by atoms with Gasteiger partial charge >= 0.3 is 0 Å². The van der Waals surface area contributed by atoms with E-state index in [1.165, 1.54) is 16.7 Å². The molecule has 33 heavy (non-hydrogen) atoms. The number of hydrogen-bond donors (Lipinski definition) is 0. The van der Waals surface area contributed by atoms with Gasteiger partial charge in [-0.25, -0.2) is 4.98 Å². The van der Waals surface area contributed by atoms with Crippen LogP contribution in [0.3, 0.4) is 0 Å². The second-order valence-corrected chi connectivity index (χ2v) is 8.96. The van der Waals surface area contributed by atoms with Crippen LogP contribution in [-0.4, -0.2) is 16.2 Å². The molecule has 172 valence electrons. The molecule has 0 radical (unpaired) electrons. The van der Waals surface area contributed by atoms with Crippen molar-refractivity contribution < 1.29 is 9.47 Å². The maximum Gasteiger partial charge on any atom is 0.147 e. The van der Waals surface area contributed by atoms with Crippen LogP contribution in [0.15, 0.2) is 66.7 Å². The van der Waals surface area contributed by atoms with Crippen molar-refractivity contribution in [3.8, 4) is 11.5 Å². The number of fused-ring (bicyclic) bond motifs is 1. The number of imidazole rings is 1. The van der Waals surface area contributed by atoms with E-state index in [2.05, 4.69) is 80.8 Å². The maximum absolute atomic E-state index is 6.10. The SMILES string of the molecule is Cc1cccc(C)c1OCCCCn1c(COc2ccc(C(C)C)cc2)nc2ccccc21. The first-order valence-electron chi connectivity index (χ1n) is 11.9. The highest BCUT2D eigenvalue weighted by Gasteiger charge is 2.11. The van der Waals surface area contributed by atoms with Crippen molar-refractivity contribution in [1.82, 2.24) is 9.55 Å². The molecule has 0 unspecified atom stereocenters. The lowest BCUT2D eigenvalue weighted by Gasteiger charge is -2.13. The molecule has 4 rings (SSSR count). The number of hydrogen-bond acceptors (Lipinski definition) is 3. The molecule has 4 aromatic rings. The van der Waals surface area contributed by atoms with Crippen LogP contribution in [0.4, 0.5) is 0 Å². The summed E-state index contributed by atoms with van der Waals surface area (Å²) in [7, 11) is 0. The third-order valence-corrected chi connectivity index (χ3v) is 6.08. The first-order valence-corrected chi connectivity index (χ1v) is 11.9. The Morgan fingerprint density at radius 2 is 1.55 bits per heavy atom. The van der Waals surface area contributed by atoms with Crippen molar-refractivity contribution in [2.24, 2.45) is 0 Å². The zero-order valence-electron chi connectivity index (χ0n) is 20.2. The van der Waals surface area contributed by atoms with Gasteiger partial charge in [0.15, 0.2) is 0 Å². The van der Waals surface area contributed by atoms with Crippen molar-refractivity contribution in [3.63, 3.8) is 0 Å². The summed E-state index contributed by atoms with van der Waals surface area (Å²) in [6, 6.07) is 23.0. The number of aryl methyl sites for hydroxylation is 3. The number of nitrogens with zero attached hydrogens (tertiary/aromatic N) is 2. The minimum Gasteiger partial charge on any atom is -0.493 e. The highest BCUT2D eigenvalue weighted by molar-refractivity contribution is 5.75. The molecule has 3 aromatic carbocycles. The van der Waals surface area contributed by atoms with Gasteiger partial charge in [-0.1, -0.05) is 56.3 Å². The predicted molar refractivity (Wildman–Crippen MR) is 135 cm³/mol. The fourth-order valence-corrected chi connectivity index (χ4v) is 4.15. The Hall–Kier alpha value is -3.27. The van der Waals surface area contributed by atoms with E-state index >= 15 is 0 Å². The minimum atomic E-state index is 0.453. The lowest BCUT2D eigenvalue weighted by atomic mass is 10.0. The van der Waals surface area contributed by atoms with E-state index < -0.39 is 0 Å². The summed E-state index contributed by atoms with van der Waals surface area (Å²) in [4.78, 5) is 4.85. The number of rotatable bonds is 10. The second kappa shape index (κ2) is 10.6. The normalized spacial score (nSPS) is 11.3. The Morgan fingerprint density at radius 1 is 0.818 bits per heavy atom. The third kappa shape index (κ3) is 5.57. The molecule has 0 saturated heterocycles. The molecule has 0 aliphatic rings. The molecule has 0 atom stereocenters. The fraction of sp³-hybridized carbons (Fsp3) is 0.345. The molecule has 0 aliphatic carbocycles. The van der Waals surface area contributed by atoms with Crippen LogP contribution in [0.2, 0.25) is 0 Å². The predicted octanol–water partition coefficient (Wildman–Crippen LogP) is 7.21. The Bertz CT molecular complexity index is 1170. The van der Waals surface area contributed by atoms with Gasteiger partial charge in [0.05, 0.1) is 17.6 Å². The molecular weight excluding hydrogens is 408 g/mol. The molecule has 0 aliphatic heterocycles. The average molecular weight is 443 g/mol. The van der Waals surface area contributed by atoms with Crippen LogP contribution in [0.1, 0.15) is 55.1 Å². The molecule has 0 saturated carbocycles. The van der Waals surface area contributed by atoms with Gasteiger partial charge in [0.1, 0.15) is 23.9 Å². The van der Waals surface area contributed by atoms with Crippen molar-refractivity contribution in [2.45, 2.75) is 59.6 Å². The summed E-state index contributed by atoms with van der Waals surface area (Å²) in [6.45, 7) is 10.7. The van der Waals surface area contributed by atoms with E-state index in [-0.39, 0.29) is 0 Å². The van der Waals surface area contributed by atoms with Gasteiger partial charge in [-0.15, -0.1) is 0 Å². The Kier molecular flexibility index (Phi) is 7.33. The summed E-state index contributed by atoms with van der Waals surface area (Å²) >= 11 is 0. The standard InChI is InChI=1S/C29H34N2O2/c1-21(2)24-14-16-25(17-15-24)33-20-28-30-26-12-5-6-13-27(26)31(28)18-7-8-19-32-29-22(3)10-9-11-23(29)4/h5-6,9-17,21H,7-8,18-20H2,1-4H3. The molecule has 0 N–H and O–H groups in total. The summed E-state index contributed by atoms with van der Waals surface area (Å²) in [6.07, 6.45) is 2.00. The molecular formula is C29H34N2O2. The molecule has 1 heterocycles. The number of aromatic nitrogens is 2. The molecule has 0 amide bonds. The Morgan fingerprint density at radius 3 is 2.27 bits per heavy atom. The third-order valence-electron chi connectivity index (χ3n) is 6.08. The second-order valence-electron chi connectivity index (χ2n) is 8.96. The summed E-state index contributed by atoms with van der Waals surface area (Å²) in [5.74, 6) is 3.37. The van der Waals surface area contributed by atoms with E-state index in [9.17, 15) is 0 Å². The lowest BCUT2D eigenvalue weighted by Crippen LogP contribution is -2.09. The quantitative estimate of drug-likeness (QED) is 0.243. The van der Waals surface area contributed by atoms with Crippen molar-refractivity contribution >= 4 is 11.0 Å². The molecule has 0 spiro atoms. The molecule has 4 nitrogen and oxygen atoms in total. The van der Waals surface area contributed by atoms with Crippen LogP contribution < -0.4 is 9.47 Å². The van der Waals surface area contributed by atoms with Gasteiger partial charge in [0.25, 0.3) is 0 Å². The molecule has 1 aromatic heterocycles. The topological polar surface area (TPSA) is 36.3 Å². The van der Waals surface area contributed by atoms with Crippen LogP contribution in [0.25, 0.3) is 11.0 Å². The van der Waals surface area contributed by atoms with E-state index in [0.29, 0.717) is 19.1 Å². The summed E-state index contributed by atoms with van der Waals surface area (Å²) < 4.78 is 14.5. The largest absolute Gasteiger partial charge is 0.493 e. The number of para-hydroxylation sites is 3. The minimum absolute atomic E-state index is 0.453. The Labute approximate surface area is 197 Å². The van der Waals surface area contributed by atoms with Gasteiger partial charge in [-0.05, 0) is 73.6 Å². The van der Waals surface area contributed by atoms with Crippen LogP contribution in [0, 0.1) is 13.8 Å². The molecule has 0 fully saturated rings. The Balaban J connectivity index is 1.38. The summed E-state index contributed by atoms with van der Waals surface area (Å²) in [5, 5.41) is 0. The lowest BCUT2D eigenvalue weighted by molar-refractivity contribution is 0.284. The molecule has 4 heteroatoms. The van der Waals surface area contributed by atoms with Gasteiger partial charge < -0.3 is 14.0 Å². The van der Waals surface area contributed by atoms with Crippen LogP contribution in [0.5, 0.6) is 11.5 Å². The van der Waals surface area contributed by atoms with Crippen molar-refractivity contribution in [3.05, 3.63) is 89.2 Å². The van der Waals surface area contributed by atoms with Crippen molar-refractivity contribution in [2.75, 3.05) is 6.61 Å². The van der Waals surface area contributed by atoms with Crippen LogP contribution in [-0.2, 0) is 13.2 Å². The first kappa shape index (κ1) is 22.9. The monoisotopic (exact) mass is 442 g/mol. The van der Waals surface area contributed by atoms with Gasteiger partial charge in [-0.3, -0.25) is 0 Å². The van der Waals surface area contributed by atoms with E-state index in [0.717, 1.165) is 47.7 Å². The van der Waals surface area contributed by atoms with Crippen LogP contribution >= 0.6 is 0 Å². The number of ether oxygens (including phenoxy) is 2. The van der Waals surface area contributed by atoms with Gasteiger partial charge in [-0.2, -0.15) is 0 Å². The van der Waals surface area contributed by atoms with E-state index in [1.54, 1.807) is 0 Å². The van der Waals surface area contributed by atoms with Crippen molar-refractivity contribution in [1.29, 1.82) is 0 Å². The number of unbranched alkanes of at least 4 members (excludes halogenated alkanes) is 1. The maximum atomic E-state index is 6.10. The number of benzene rings is 3. The highest BCUT2D eigenvalue weighted by Crippen LogP contribution is 2.24. The fourth-order valence-electron chi connectivity index (χ4n) is 4.15. The van der Waals surface area contributed by atoms with Gasteiger partial charge in [0.2, 0.25) is 0 Å². The van der Waals surface area contributed by atoms with Gasteiger partial charge in [0, 0.05) is 6.54 Å². The molecule has 0 bridgehead atoms. The zero-order chi connectivity index (χ0) is 23.2. The smallest absolute Gasteiger partial charge is 0.147 e.